The van der Waals surface area contributed by atoms with Crippen molar-refractivity contribution in [3.8, 4) is 0 Å². The molecule has 0 radical (unpaired) electrons. The van der Waals surface area contributed by atoms with E-state index in [1.807, 2.05) is 39.0 Å². The second-order valence-corrected chi connectivity index (χ2v) is 4.98. The van der Waals surface area contributed by atoms with E-state index in [0.717, 1.165) is 23.2 Å². The second kappa shape index (κ2) is 6.35. The molecular formula is C16H19N3O2. The number of aromatic nitrogens is 2. The van der Waals surface area contributed by atoms with Gasteiger partial charge < -0.3 is 5.32 Å². The predicted octanol–water partition coefficient (Wildman–Crippen LogP) is 2.52. The molecule has 1 amide bonds. The Hall–Kier alpha value is -2.43. The van der Waals surface area contributed by atoms with Crippen LogP contribution >= 0.6 is 0 Å². The fourth-order valence-electron chi connectivity index (χ4n) is 2.01. The lowest BCUT2D eigenvalue weighted by Gasteiger charge is -2.10. The van der Waals surface area contributed by atoms with Crippen molar-refractivity contribution >= 4 is 11.6 Å². The summed E-state index contributed by atoms with van der Waals surface area (Å²) in [7, 11) is 0. The van der Waals surface area contributed by atoms with Crippen LogP contribution < -0.4 is 10.9 Å². The van der Waals surface area contributed by atoms with Gasteiger partial charge in [-0.25, -0.2) is 4.68 Å². The topological polar surface area (TPSA) is 64.0 Å². The number of hydrogen-bond donors (Lipinski definition) is 1. The van der Waals surface area contributed by atoms with Gasteiger partial charge in [0.2, 0.25) is 0 Å². The van der Waals surface area contributed by atoms with Crippen LogP contribution in [0.5, 0.6) is 0 Å². The Labute approximate surface area is 123 Å². The van der Waals surface area contributed by atoms with Crippen molar-refractivity contribution in [1.29, 1.82) is 0 Å². The van der Waals surface area contributed by atoms with Crippen LogP contribution in [0.15, 0.2) is 35.1 Å². The predicted molar refractivity (Wildman–Crippen MR) is 82.7 cm³/mol. The number of hydrogen-bond acceptors (Lipinski definition) is 3. The maximum Gasteiger partial charge on any atom is 0.276 e. The number of rotatable bonds is 4. The highest BCUT2D eigenvalue weighted by Gasteiger charge is 2.11. The Morgan fingerprint density at radius 1 is 1.24 bits per heavy atom. The molecule has 2 aromatic rings. The molecule has 0 saturated heterocycles. The van der Waals surface area contributed by atoms with Crippen LogP contribution in [-0.4, -0.2) is 15.7 Å². The first kappa shape index (κ1) is 15.0. The van der Waals surface area contributed by atoms with Crippen molar-refractivity contribution < 1.29 is 4.79 Å². The molecule has 0 atom stereocenters. The van der Waals surface area contributed by atoms with Crippen LogP contribution in [0.1, 0.15) is 35.0 Å². The third-order valence-corrected chi connectivity index (χ3v) is 3.39. The monoisotopic (exact) mass is 285 g/mol. The molecule has 5 nitrogen and oxygen atoms in total. The summed E-state index contributed by atoms with van der Waals surface area (Å²) in [6.07, 6.45) is 0.787. The minimum Gasteiger partial charge on any atom is -0.320 e. The quantitative estimate of drug-likeness (QED) is 0.938. The zero-order chi connectivity index (χ0) is 15.4. The average molecular weight is 285 g/mol. The summed E-state index contributed by atoms with van der Waals surface area (Å²) in [6, 6.07) is 8.56. The summed E-state index contributed by atoms with van der Waals surface area (Å²) < 4.78 is 1.32. The van der Waals surface area contributed by atoms with Gasteiger partial charge in [0.1, 0.15) is 5.69 Å². The van der Waals surface area contributed by atoms with Crippen LogP contribution in [0, 0.1) is 13.8 Å². The van der Waals surface area contributed by atoms with Crippen LogP contribution in [-0.2, 0) is 6.54 Å². The fourth-order valence-corrected chi connectivity index (χ4v) is 2.01. The molecule has 0 fully saturated rings. The van der Waals surface area contributed by atoms with Gasteiger partial charge in [0.25, 0.3) is 11.5 Å². The number of nitrogens with one attached hydrogen (secondary N) is 1. The third-order valence-electron chi connectivity index (χ3n) is 3.39. The number of aryl methyl sites for hydroxylation is 2. The largest absolute Gasteiger partial charge is 0.320 e. The normalized spacial score (nSPS) is 10.4. The average Bonchev–Trinajstić information content (AvgIpc) is 2.46. The van der Waals surface area contributed by atoms with E-state index in [-0.39, 0.29) is 17.2 Å². The Bertz CT molecular complexity index is 720. The number of amides is 1. The summed E-state index contributed by atoms with van der Waals surface area (Å²) in [5.41, 5.74) is 2.93. The summed E-state index contributed by atoms with van der Waals surface area (Å²) in [5.74, 6) is -0.312. The van der Waals surface area contributed by atoms with Gasteiger partial charge >= 0.3 is 0 Å². The van der Waals surface area contributed by atoms with Crippen LogP contribution in [0.2, 0.25) is 0 Å². The summed E-state index contributed by atoms with van der Waals surface area (Å²) >= 11 is 0. The van der Waals surface area contributed by atoms with E-state index in [4.69, 9.17) is 0 Å². The molecule has 0 saturated carbocycles. The number of carbonyl (C=O) groups excluding carboxylic acids is 1. The smallest absolute Gasteiger partial charge is 0.276 e. The molecule has 0 spiro atoms. The van der Waals surface area contributed by atoms with E-state index in [1.54, 1.807) is 0 Å². The lowest BCUT2D eigenvalue weighted by atomic mass is 10.1. The molecule has 1 aromatic heterocycles. The maximum atomic E-state index is 12.3. The molecule has 5 heteroatoms. The Kier molecular flexibility index (Phi) is 4.52. The lowest BCUT2D eigenvalue weighted by molar-refractivity contribution is 0.101. The lowest BCUT2D eigenvalue weighted by Crippen LogP contribution is -2.26. The molecule has 110 valence electrons. The highest BCUT2D eigenvalue weighted by atomic mass is 16.2. The molecular weight excluding hydrogens is 266 g/mol. The molecule has 0 bridgehead atoms. The SMILES string of the molecule is CCCn1nc(C(=O)Nc2cccc(C)c2C)ccc1=O. The molecule has 0 aliphatic rings. The van der Waals surface area contributed by atoms with E-state index < -0.39 is 0 Å². The van der Waals surface area contributed by atoms with Crippen molar-refractivity contribution in [2.45, 2.75) is 33.7 Å². The van der Waals surface area contributed by atoms with Crippen molar-refractivity contribution in [1.82, 2.24) is 9.78 Å². The number of anilines is 1. The summed E-state index contributed by atoms with van der Waals surface area (Å²) in [4.78, 5) is 23.9. The molecule has 0 aliphatic carbocycles. The highest BCUT2D eigenvalue weighted by molar-refractivity contribution is 6.03. The zero-order valence-corrected chi connectivity index (χ0v) is 12.5. The molecule has 0 aliphatic heterocycles. The fraction of sp³-hybridized carbons (Fsp3) is 0.312. The number of nitrogens with zero attached hydrogens (tertiary/aromatic N) is 2. The van der Waals surface area contributed by atoms with Gasteiger partial charge in [-0.3, -0.25) is 9.59 Å². The van der Waals surface area contributed by atoms with Crippen LogP contribution in [0.3, 0.4) is 0 Å². The molecule has 1 heterocycles. The van der Waals surface area contributed by atoms with Gasteiger partial charge in [-0.05, 0) is 43.5 Å². The second-order valence-electron chi connectivity index (χ2n) is 4.98. The van der Waals surface area contributed by atoms with Crippen molar-refractivity contribution in [3.63, 3.8) is 0 Å². The van der Waals surface area contributed by atoms with E-state index in [0.29, 0.717) is 6.54 Å². The third kappa shape index (κ3) is 3.37. The molecule has 1 aromatic carbocycles. The molecule has 2 rings (SSSR count). The van der Waals surface area contributed by atoms with E-state index >= 15 is 0 Å². The van der Waals surface area contributed by atoms with Gasteiger partial charge in [-0.2, -0.15) is 5.10 Å². The zero-order valence-electron chi connectivity index (χ0n) is 12.5. The Morgan fingerprint density at radius 3 is 2.71 bits per heavy atom. The Balaban J connectivity index is 2.26. The van der Waals surface area contributed by atoms with Gasteiger partial charge in [-0.15, -0.1) is 0 Å². The maximum absolute atomic E-state index is 12.3. The minimum absolute atomic E-state index is 0.194. The highest BCUT2D eigenvalue weighted by Crippen LogP contribution is 2.18. The minimum atomic E-state index is -0.312. The van der Waals surface area contributed by atoms with Gasteiger partial charge in [0.05, 0.1) is 0 Å². The molecule has 21 heavy (non-hydrogen) atoms. The van der Waals surface area contributed by atoms with Crippen molar-refractivity contribution in [2.24, 2.45) is 0 Å². The number of carbonyl (C=O) groups is 1. The first-order chi connectivity index (χ1) is 10.0. The summed E-state index contributed by atoms with van der Waals surface area (Å²) in [5, 5.41) is 6.94. The van der Waals surface area contributed by atoms with Crippen LogP contribution in [0.25, 0.3) is 0 Å². The van der Waals surface area contributed by atoms with Crippen molar-refractivity contribution in [2.75, 3.05) is 5.32 Å². The summed E-state index contributed by atoms with van der Waals surface area (Å²) in [6.45, 7) is 6.40. The van der Waals surface area contributed by atoms with Crippen LogP contribution in [0.4, 0.5) is 5.69 Å². The van der Waals surface area contributed by atoms with E-state index in [9.17, 15) is 9.59 Å². The number of benzene rings is 1. The first-order valence-corrected chi connectivity index (χ1v) is 6.98. The van der Waals surface area contributed by atoms with E-state index in [2.05, 4.69) is 10.4 Å². The van der Waals surface area contributed by atoms with Gasteiger partial charge in [-0.1, -0.05) is 19.1 Å². The first-order valence-electron chi connectivity index (χ1n) is 6.98. The van der Waals surface area contributed by atoms with Gasteiger partial charge in [0, 0.05) is 18.3 Å². The molecule has 0 unspecified atom stereocenters. The Morgan fingerprint density at radius 2 is 2.00 bits per heavy atom. The molecule has 1 N–H and O–H groups in total. The van der Waals surface area contributed by atoms with Crippen molar-refractivity contribution in [3.05, 3.63) is 57.5 Å². The van der Waals surface area contributed by atoms with E-state index in [1.165, 1.54) is 16.8 Å². The van der Waals surface area contributed by atoms with Gasteiger partial charge in [0.15, 0.2) is 0 Å². The standard InChI is InChI=1S/C16H19N3O2/c1-4-10-19-15(20)9-8-14(18-19)16(21)17-13-7-5-6-11(2)12(13)3/h5-9H,4,10H2,1-3H3,(H,17,21).